The van der Waals surface area contributed by atoms with E-state index in [2.05, 4.69) is 20.9 Å². The molecule has 6 nitrogen and oxygen atoms in total. The van der Waals surface area contributed by atoms with E-state index < -0.39 is 17.5 Å². The summed E-state index contributed by atoms with van der Waals surface area (Å²) >= 11 is 3.31. The van der Waals surface area contributed by atoms with Crippen LogP contribution in [-0.2, 0) is 4.79 Å². The number of nitrogens with one attached hydrogen (secondary N) is 1. The quantitative estimate of drug-likeness (QED) is 0.468. The molecule has 1 N–H and O–H groups in total. The van der Waals surface area contributed by atoms with E-state index in [1.165, 1.54) is 23.2 Å². The highest BCUT2D eigenvalue weighted by atomic mass is 79.9. The zero-order valence-electron chi connectivity index (χ0n) is 16.2. The van der Waals surface area contributed by atoms with Crippen LogP contribution in [0.3, 0.4) is 0 Å². The third-order valence-electron chi connectivity index (χ3n) is 5.37. The zero-order chi connectivity index (χ0) is 21.4. The highest BCUT2D eigenvalue weighted by Crippen LogP contribution is 2.29. The number of carbonyl (C=O) groups excluding carboxylic acids is 3. The third kappa shape index (κ3) is 3.52. The molecule has 0 radical (unpaired) electrons. The summed E-state index contributed by atoms with van der Waals surface area (Å²) in [6.45, 7) is 2.67. The molecule has 0 aliphatic carbocycles. The first-order valence-corrected chi connectivity index (χ1v) is 10.3. The van der Waals surface area contributed by atoms with Crippen LogP contribution in [-0.4, -0.2) is 58.1 Å². The molecule has 1 fully saturated rings. The first-order valence-electron chi connectivity index (χ1n) is 9.53. The van der Waals surface area contributed by atoms with Crippen molar-refractivity contribution in [1.29, 1.82) is 0 Å². The molecule has 0 spiro atoms. The highest BCUT2D eigenvalue weighted by molar-refractivity contribution is 9.10. The number of hydrogen-bond donors (Lipinski definition) is 1. The average Bonchev–Trinajstić information content (AvgIpc) is 3.22. The van der Waals surface area contributed by atoms with Gasteiger partial charge in [0.05, 0.1) is 11.1 Å². The molecule has 2 amide bonds. The van der Waals surface area contributed by atoms with Gasteiger partial charge in [-0.25, -0.2) is 4.39 Å². The topological polar surface area (TPSA) is 73.5 Å². The van der Waals surface area contributed by atoms with Crippen molar-refractivity contribution in [3.63, 3.8) is 0 Å². The van der Waals surface area contributed by atoms with Gasteiger partial charge in [-0.3, -0.25) is 14.4 Å². The van der Waals surface area contributed by atoms with Gasteiger partial charge in [0, 0.05) is 47.3 Å². The summed E-state index contributed by atoms with van der Waals surface area (Å²) in [6.07, 6.45) is 1.36. The smallest absolute Gasteiger partial charge is 0.295 e. The number of aromatic amines is 1. The molecule has 154 valence electrons. The number of ketones is 1. The number of piperazine rings is 1. The van der Waals surface area contributed by atoms with Crippen LogP contribution in [0.25, 0.3) is 10.9 Å². The maximum absolute atomic E-state index is 14.3. The Morgan fingerprint density at radius 2 is 1.83 bits per heavy atom. The summed E-state index contributed by atoms with van der Waals surface area (Å²) in [5.74, 6) is -2.15. The molecule has 1 atom stereocenters. The van der Waals surface area contributed by atoms with Crippen molar-refractivity contribution in [2.24, 2.45) is 0 Å². The Balaban J connectivity index is 1.52. The van der Waals surface area contributed by atoms with Crippen molar-refractivity contribution in [3.05, 3.63) is 70.1 Å². The summed E-state index contributed by atoms with van der Waals surface area (Å²) in [6, 6.07) is 11.4. The van der Waals surface area contributed by atoms with Crippen LogP contribution in [0.1, 0.15) is 27.6 Å². The molecule has 1 aromatic heterocycles. The summed E-state index contributed by atoms with van der Waals surface area (Å²) < 4.78 is 14.9. The second kappa shape index (κ2) is 8.02. The normalized spacial score (nSPS) is 16.7. The van der Waals surface area contributed by atoms with E-state index in [9.17, 15) is 18.8 Å². The molecule has 0 unspecified atom stereocenters. The predicted molar refractivity (Wildman–Crippen MR) is 114 cm³/mol. The Kier molecular flexibility index (Phi) is 5.42. The lowest BCUT2D eigenvalue weighted by atomic mass is 10.1. The molecule has 30 heavy (non-hydrogen) atoms. The Morgan fingerprint density at radius 1 is 1.10 bits per heavy atom. The minimum Gasteiger partial charge on any atom is -0.359 e. The lowest BCUT2D eigenvalue weighted by Crippen LogP contribution is -2.56. The van der Waals surface area contributed by atoms with Crippen LogP contribution >= 0.6 is 15.9 Å². The van der Waals surface area contributed by atoms with Crippen molar-refractivity contribution < 1.29 is 18.8 Å². The van der Waals surface area contributed by atoms with Gasteiger partial charge >= 0.3 is 0 Å². The van der Waals surface area contributed by atoms with Crippen molar-refractivity contribution in [2.75, 3.05) is 19.6 Å². The third-order valence-corrected chi connectivity index (χ3v) is 6.03. The van der Waals surface area contributed by atoms with Crippen LogP contribution in [0.2, 0.25) is 0 Å². The van der Waals surface area contributed by atoms with Gasteiger partial charge in [0.25, 0.3) is 17.6 Å². The molecule has 2 heterocycles. The molecule has 0 saturated carbocycles. The average molecular weight is 472 g/mol. The molecule has 1 aliphatic rings. The second-order valence-corrected chi connectivity index (χ2v) is 8.13. The van der Waals surface area contributed by atoms with Crippen molar-refractivity contribution >= 4 is 44.4 Å². The second-order valence-electron chi connectivity index (χ2n) is 7.28. The zero-order valence-corrected chi connectivity index (χ0v) is 17.8. The molecular formula is C22H19BrFN3O3. The van der Waals surface area contributed by atoms with Crippen molar-refractivity contribution in [3.8, 4) is 0 Å². The van der Waals surface area contributed by atoms with Crippen molar-refractivity contribution in [1.82, 2.24) is 14.8 Å². The first kappa shape index (κ1) is 20.3. The van der Waals surface area contributed by atoms with Gasteiger partial charge in [0.1, 0.15) is 5.82 Å². The SMILES string of the molecule is C[C@@H]1CN(C(=O)c2ccccc2)CCN1C(=O)C(=O)c1c[nH]c2c(Br)ccc(F)c12. The molecule has 1 aliphatic heterocycles. The van der Waals surface area contributed by atoms with Crippen LogP contribution < -0.4 is 0 Å². The maximum atomic E-state index is 14.3. The lowest BCUT2D eigenvalue weighted by Gasteiger charge is -2.39. The number of Topliss-reactive ketones (excluding diaryl/α,β-unsaturated/α-hetero) is 1. The summed E-state index contributed by atoms with van der Waals surface area (Å²) in [7, 11) is 0. The first-order chi connectivity index (χ1) is 14.4. The fraction of sp³-hybridized carbons (Fsp3) is 0.227. The number of rotatable bonds is 3. The minimum absolute atomic E-state index is 0.00351. The highest BCUT2D eigenvalue weighted by Gasteiger charge is 2.34. The number of carbonyl (C=O) groups is 3. The molecule has 2 aromatic carbocycles. The lowest BCUT2D eigenvalue weighted by molar-refractivity contribution is -0.130. The Hall–Kier alpha value is -3.00. The Labute approximate surface area is 180 Å². The summed E-state index contributed by atoms with van der Waals surface area (Å²) in [4.78, 5) is 44.5. The number of amides is 2. The standard InChI is InChI=1S/C22H19BrFN3O3/c1-13-12-26(21(29)14-5-3-2-4-6-14)9-10-27(13)22(30)20(28)15-11-25-19-16(23)7-8-17(24)18(15)19/h2-8,11,13,25H,9-10,12H2,1H3/t13-/m1/s1. The monoisotopic (exact) mass is 471 g/mol. The van der Waals surface area contributed by atoms with E-state index in [4.69, 9.17) is 0 Å². The van der Waals surface area contributed by atoms with Gasteiger partial charge in [-0.1, -0.05) is 18.2 Å². The molecule has 4 rings (SSSR count). The number of aromatic nitrogens is 1. The van der Waals surface area contributed by atoms with E-state index in [0.717, 1.165) is 0 Å². The van der Waals surface area contributed by atoms with Crippen LogP contribution in [0.4, 0.5) is 4.39 Å². The minimum atomic E-state index is -0.770. The van der Waals surface area contributed by atoms with Crippen LogP contribution in [0.15, 0.2) is 53.1 Å². The number of halogens is 2. The van der Waals surface area contributed by atoms with E-state index in [1.54, 1.807) is 36.1 Å². The molecule has 1 saturated heterocycles. The molecule has 0 bridgehead atoms. The van der Waals surface area contributed by atoms with E-state index >= 15 is 0 Å². The number of hydrogen-bond acceptors (Lipinski definition) is 3. The van der Waals surface area contributed by atoms with E-state index in [-0.39, 0.29) is 29.4 Å². The van der Waals surface area contributed by atoms with Crippen LogP contribution in [0.5, 0.6) is 0 Å². The number of nitrogens with zero attached hydrogens (tertiary/aromatic N) is 2. The van der Waals surface area contributed by atoms with Gasteiger partial charge in [-0.05, 0) is 47.1 Å². The van der Waals surface area contributed by atoms with Gasteiger partial charge in [-0.15, -0.1) is 0 Å². The fourth-order valence-corrected chi connectivity index (χ4v) is 4.25. The number of benzene rings is 2. The molecular weight excluding hydrogens is 453 g/mol. The predicted octanol–water partition coefficient (Wildman–Crippen LogP) is 3.63. The Bertz CT molecular complexity index is 1150. The van der Waals surface area contributed by atoms with Gasteiger partial charge in [0.15, 0.2) is 0 Å². The van der Waals surface area contributed by atoms with Crippen LogP contribution in [0, 0.1) is 5.82 Å². The Morgan fingerprint density at radius 3 is 2.53 bits per heavy atom. The van der Waals surface area contributed by atoms with Gasteiger partial charge in [0.2, 0.25) is 0 Å². The van der Waals surface area contributed by atoms with Gasteiger partial charge in [-0.2, -0.15) is 0 Å². The summed E-state index contributed by atoms with van der Waals surface area (Å²) in [5.41, 5.74) is 1.02. The van der Waals surface area contributed by atoms with E-state index in [0.29, 0.717) is 28.6 Å². The maximum Gasteiger partial charge on any atom is 0.295 e. The fourth-order valence-electron chi connectivity index (χ4n) is 3.80. The number of fused-ring (bicyclic) bond motifs is 1. The number of H-pyrrole nitrogens is 1. The van der Waals surface area contributed by atoms with E-state index in [1.807, 2.05) is 6.07 Å². The van der Waals surface area contributed by atoms with Gasteiger partial charge < -0.3 is 14.8 Å². The van der Waals surface area contributed by atoms with Crippen molar-refractivity contribution in [2.45, 2.75) is 13.0 Å². The largest absolute Gasteiger partial charge is 0.359 e. The molecule has 8 heteroatoms. The summed E-state index contributed by atoms with van der Waals surface area (Å²) in [5, 5.41) is 0.0910. The molecule has 3 aromatic rings.